The molecule has 0 bridgehead atoms. The Bertz CT molecular complexity index is 212. The van der Waals surface area contributed by atoms with Crippen LogP contribution in [0, 0.1) is 5.92 Å². The van der Waals surface area contributed by atoms with E-state index >= 15 is 0 Å². The van der Waals surface area contributed by atoms with Crippen LogP contribution in [0.25, 0.3) is 0 Å². The molecule has 1 heterocycles. The second-order valence-corrected chi connectivity index (χ2v) is 4.79. The smallest absolute Gasteiger partial charge is 0.322 e. The normalized spacial score (nSPS) is 23.1. The first kappa shape index (κ1) is 13.5. The van der Waals surface area contributed by atoms with E-state index in [4.69, 9.17) is 9.47 Å². The molecular formula is C12H23NO3. The van der Waals surface area contributed by atoms with Gasteiger partial charge in [0, 0.05) is 12.6 Å². The van der Waals surface area contributed by atoms with Gasteiger partial charge in [0.1, 0.15) is 6.04 Å². The highest BCUT2D eigenvalue weighted by atomic mass is 16.5. The van der Waals surface area contributed by atoms with E-state index < -0.39 is 0 Å². The molecule has 2 unspecified atom stereocenters. The molecule has 0 radical (unpaired) electrons. The Hall–Kier alpha value is -0.610. The Morgan fingerprint density at radius 1 is 1.56 bits per heavy atom. The zero-order valence-electron chi connectivity index (χ0n) is 10.5. The van der Waals surface area contributed by atoms with E-state index in [0.717, 1.165) is 25.9 Å². The molecule has 0 aromatic carbocycles. The minimum absolute atomic E-state index is 0.167. The van der Waals surface area contributed by atoms with Gasteiger partial charge in [-0.1, -0.05) is 13.8 Å². The van der Waals surface area contributed by atoms with Gasteiger partial charge in [-0.2, -0.15) is 0 Å². The van der Waals surface area contributed by atoms with Gasteiger partial charge in [0.25, 0.3) is 0 Å². The van der Waals surface area contributed by atoms with Crippen molar-refractivity contribution in [2.75, 3.05) is 20.3 Å². The summed E-state index contributed by atoms with van der Waals surface area (Å²) in [5.41, 5.74) is 0. The standard InChI is InChI=1S/C12H23NO3/c1-9(2)7-11(12(14)15-3)13-10-5-4-6-16-8-10/h9-11,13H,4-8H2,1-3H3. The molecule has 1 saturated heterocycles. The van der Waals surface area contributed by atoms with Gasteiger partial charge in [0.05, 0.1) is 13.7 Å². The van der Waals surface area contributed by atoms with E-state index in [1.165, 1.54) is 7.11 Å². The van der Waals surface area contributed by atoms with Gasteiger partial charge in [-0.05, 0) is 25.2 Å². The third-order valence-electron chi connectivity index (χ3n) is 2.79. The van der Waals surface area contributed by atoms with Crippen molar-refractivity contribution in [3.8, 4) is 0 Å². The number of rotatable bonds is 5. The second-order valence-electron chi connectivity index (χ2n) is 4.79. The van der Waals surface area contributed by atoms with Crippen LogP contribution in [0.2, 0.25) is 0 Å². The molecule has 4 heteroatoms. The van der Waals surface area contributed by atoms with Crippen LogP contribution in [0.5, 0.6) is 0 Å². The molecule has 0 spiro atoms. The lowest BCUT2D eigenvalue weighted by Gasteiger charge is -2.28. The summed E-state index contributed by atoms with van der Waals surface area (Å²) in [6.45, 7) is 5.75. The average Bonchev–Trinajstić information content (AvgIpc) is 2.28. The molecule has 1 rings (SSSR count). The van der Waals surface area contributed by atoms with Gasteiger partial charge < -0.3 is 9.47 Å². The third kappa shape index (κ3) is 4.49. The van der Waals surface area contributed by atoms with Crippen LogP contribution >= 0.6 is 0 Å². The maximum atomic E-state index is 11.6. The van der Waals surface area contributed by atoms with Crippen molar-refractivity contribution in [1.29, 1.82) is 0 Å². The molecule has 0 saturated carbocycles. The molecule has 4 nitrogen and oxygen atoms in total. The fraction of sp³-hybridized carbons (Fsp3) is 0.917. The molecule has 0 aromatic heterocycles. The van der Waals surface area contributed by atoms with Gasteiger partial charge in [-0.15, -0.1) is 0 Å². The summed E-state index contributed by atoms with van der Waals surface area (Å²) < 4.78 is 10.2. The van der Waals surface area contributed by atoms with Crippen LogP contribution in [0.4, 0.5) is 0 Å². The number of hydrogen-bond acceptors (Lipinski definition) is 4. The second kappa shape index (κ2) is 6.86. The lowest BCUT2D eigenvalue weighted by Crippen LogP contribution is -2.47. The van der Waals surface area contributed by atoms with Crippen molar-refractivity contribution in [2.24, 2.45) is 5.92 Å². The summed E-state index contributed by atoms with van der Waals surface area (Å²) in [6.07, 6.45) is 2.95. The number of hydrogen-bond donors (Lipinski definition) is 1. The van der Waals surface area contributed by atoms with Crippen molar-refractivity contribution in [3.05, 3.63) is 0 Å². The third-order valence-corrected chi connectivity index (χ3v) is 2.79. The first-order valence-corrected chi connectivity index (χ1v) is 6.05. The van der Waals surface area contributed by atoms with E-state index in [2.05, 4.69) is 19.2 Å². The number of carbonyl (C=O) groups excluding carboxylic acids is 1. The molecular weight excluding hydrogens is 206 g/mol. The summed E-state index contributed by atoms with van der Waals surface area (Å²) in [4.78, 5) is 11.6. The molecule has 94 valence electrons. The van der Waals surface area contributed by atoms with E-state index in [9.17, 15) is 4.79 Å². The molecule has 1 aliphatic heterocycles. The van der Waals surface area contributed by atoms with Gasteiger partial charge in [-0.25, -0.2) is 0 Å². The van der Waals surface area contributed by atoms with Crippen LogP contribution in [0.15, 0.2) is 0 Å². The molecule has 16 heavy (non-hydrogen) atoms. The van der Waals surface area contributed by atoms with Gasteiger partial charge in [-0.3, -0.25) is 10.1 Å². The number of methoxy groups -OCH3 is 1. The number of ether oxygens (including phenoxy) is 2. The SMILES string of the molecule is COC(=O)C(CC(C)C)NC1CCCOC1. The average molecular weight is 229 g/mol. The van der Waals surface area contributed by atoms with Crippen molar-refractivity contribution in [1.82, 2.24) is 5.32 Å². The first-order chi connectivity index (χ1) is 7.63. The highest BCUT2D eigenvalue weighted by molar-refractivity contribution is 5.75. The predicted molar refractivity (Wildman–Crippen MR) is 62.2 cm³/mol. The number of carbonyl (C=O) groups is 1. The molecule has 0 amide bonds. The van der Waals surface area contributed by atoms with E-state index in [1.54, 1.807) is 0 Å². The maximum Gasteiger partial charge on any atom is 0.322 e. The summed E-state index contributed by atoms with van der Waals surface area (Å²) >= 11 is 0. The van der Waals surface area contributed by atoms with Gasteiger partial charge >= 0.3 is 5.97 Å². The van der Waals surface area contributed by atoms with Gasteiger partial charge in [0.15, 0.2) is 0 Å². The van der Waals surface area contributed by atoms with E-state index in [0.29, 0.717) is 12.5 Å². The summed E-state index contributed by atoms with van der Waals surface area (Å²) in [6, 6.07) is 0.0910. The van der Waals surface area contributed by atoms with Crippen molar-refractivity contribution >= 4 is 5.97 Å². The Labute approximate surface area is 97.7 Å². The Morgan fingerprint density at radius 3 is 2.81 bits per heavy atom. The molecule has 0 aliphatic carbocycles. The number of nitrogens with one attached hydrogen (secondary N) is 1. The molecule has 2 atom stereocenters. The van der Waals surface area contributed by atoms with Crippen LogP contribution in [-0.2, 0) is 14.3 Å². The summed E-state index contributed by atoms with van der Waals surface area (Å²) in [5.74, 6) is 0.306. The van der Waals surface area contributed by atoms with E-state index in [-0.39, 0.29) is 18.1 Å². The number of esters is 1. The molecule has 1 N–H and O–H groups in total. The summed E-state index contributed by atoms with van der Waals surface area (Å²) in [7, 11) is 1.44. The van der Waals surface area contributed by atoms with Crippen molar-refractivity contribution in [2.45, 2.75) is 45.2 Å². The quantitative estimate of drug-likeness (QED) is 0.723. The Kier molecular flexibility index (Phi) is 5.77. The minimum atomic E-state index is -0.198. The minimum Gasteiger partial charge on any atom is -0.468 e. The maximum absolute atomic E-state index is 11.6. The fourth-order valence-corrected chi connectivity index (χ4v) is 2.00. The summed E-state index contributed by atoms with van der Waals surface area (Å²) in [5, 5.41) is 3.34. The predicted octanol–water partition coefficient (Wildman–Crippen LogP) is 1.34. The van der Waals surface area contributed by atoms with Crippen molar-refractivity contribution < 1.29 is 14.3 Å². The highest BCUT2D eigenvalue weighted by Crippen LogP contribution is 2.11. The monoisotopic (exact) mass is 229 g/mol. The zero-order valence-corrected chi connectivity index (χ0v) is 10.5. The van der Waals surface area contributed by atoms with Crippen LogP contribution in [0.3, 0.4) is 0 Å². The molecule has 0 aromatic rings. The van der Waals surface area contributed by atoms with E-state index in [1.807, 2.05) is 0 Å². The zero-order chi connectivity index (χ0) is 12.0. The largest absolute Gasteiger partial charge is 0.468 e. The Balaban J connectivity index is 2.44. The molecule has 1 aliphatic rings. The fourth-order valence-electron chi connectivity index (χ4n) is 2.00. The van der Waals surface area contributed by atoms with Crippen LogP contribution in [-0.4, -0.2) is 38.4 Å². The lowest BCUT2D eigenvalue weighted by molar-refractivity contribution is -0.144. The van der Waals surface area contributed by atoms with Crippen LogP contribution < -0.4 is 5.32 Å². The Morgan fingerprint density at radius 2 is 2.31 bits per heavy atom. The van der Waals surface area contributed by atoms with Gasteiger partial charge in [0.2, 0.25) is 0 Å². The topological polar surface area (TPSA) is 47.6 Å². The molecule has 1 fully saturated rings. The highest BCUT2D eigenvalue weighted by Gasteiger charge is 2.24. The van der Waals surface area contributed by atoms with Crippen molar-refractivity contribution in [3.63, 3.8) is 0 Å². The first-order valence-electron chi connectivity index (χ1n) is 6.05. The lowest BCUT2D eigenvalue weighted by atomic mass is 10.0. The van der Waals surface area contributed by atoms with Crippen LogP contribution in [0.1, 0.15) is 33.1 Å².